The first-order valence-electron chi connectivity index (χ1n) is 10.2. The molecule has 0 saturated heterocycles. The van der Waals surface area contributed by atoms with Gasteiger partial charge in [0.15, 0.2) is 0 Å². The predicted molar refractivity (Wildman–Crippen MR) is 93.3 cm³/mol. The molecule has 4 aliphatic rings. The largest absolute Gasteiger partial charge is 0.463 e. The van der Waals surface area contributed by atoms with Crippen LogP contribution < -0.4 is 0 Å². The van der Waals surface area contributed by atoms with E-state index in [4.69, 9.17) is 4.74 Å². The normalized spacial score (nSPS) is 53.7. The van der Waals surface area contributed by atoms with Crippen LogP contribution >= 0.6 is 0 Å². The van der Waals surface area contributed by atoms with E-state index in [1.165, 1.54) is 39.0 Å². The Morgan fingerprint density at radius 3 is 2.58 bits per heavy atom. The summed E-state index contributed by atoms with van der Waals surface area (Å²) in [7, 11) is 0. The highest BCUT2D eigenvalue weighted by atomic mass is 16.5. The van der Waals surface area contributed by atoms with Gasteiger partial charge < -0.3 is 9.84 Å². The van der Waals surface area contributed by atoms with E-state index in [2.05, 4.69) is 13.8 Å². The van der Waals surface area contributed by atoms with Crippen LogP contribution in [-0.2, 0) is 9.53 Å². The van der Waals surface area contributed by atoms with Crippen LogP contribution in [0.3, 0.4) is 0 Å². The first kappa shape index (κ1) is 16.9. The number of ether oxygens (including phenoxy) is 1. The van der Waals surface area contributed by atoms with Crippen molar-refractivity contribution in [2.45, 2.75) is 90.8 Å². The second kappa shape index (κ2) is 5.72. The lowest BCUT2D eigenvalue weighted by molar-refractivity contribution is -0.178. The standard InChI is InChI=1S/C21H34O3/c1-13(22)24-15-6-10-21(3)14(11-15)12-18(23)19-16-5-4-8-20(16,2)9-7-17(19)21/h14-19,23H,4-12H2,1-3H3. The summed E-state index contributed by atoms with van der Waals surface area (Å²) in [6.45, 7) is 6.49. The van der Waals surface area contributed by atoms with Crippen molar-refractivity contribution in [3.05, 3.63) is 0 Å². The Hall–Kier alpha value is -0.570. The zero-order valence-electron chi connectivity index (χ0n) is 15.6. The molecule has 0 radical (unpaired) electrons. The lowest BCUT2D eigenvalue weighted by Crippen LogP contribution is -2.58. The Kier molecular flexibility index (Phi) is 4.02. The number of carbonyl (C=O) groups excluding carboxylic acids is 1. The van der Waals surface area contributed by atoms with Crippen LogP contribution in [0.1, 0.15) is 78.6 Å². The van der Waals surface area contributed by atoms with Gasteiger partial charge in [-0.2, -0.15) is 0 Å². The van der Waals surface area contributed by atoms with E-state index in [0.29, 0.717) is 28.6 Å². The molecule has 0 aromatic carbocycles. The van der Waals surface area contributed by atoms with E-state index in [1.54, 1.807) is 0 Å². The summed E-state index contributed by atoms with van der Waals surface area (Å²) in [5.41, 5.74) is 0.824. The fraction of sp³-hybridized carbons (Fsp3) is 0.952. The molecule has 4 aliphatic carbocycles. The molecule has 136 valence electrons. The van der Waals surface area contributed by atoms with E-state index in [9.17, 15) is 9.90 Å². The first-order valence-corrected chi connectivity index (χ1v) is 10.2. The van der Waals surface area contributed by atoms with Crippen LogP contribution in [0.5, 0.6) is 0 Å². The van der Waals surface area contributed by atoms with E-state index in [1.807, 2.05) is 0 Å². The van der Waals surface area contributed by atoms with Gasteiger partial charge in [-0.15, -0.1) is 0 Å². The molecule has 0 bridgehead atoms. The third-order valence-electron chi connectivity index (χ3n) is 8.75. The van der Waals surface area contributed by atoms with Crippen molar-refractivity contribution < 1.29 is 14.6 Å². The summed E-state index contributed by atoms with van der Waals surface area (Å²) in [5, 5.41) is 11.1. The van der Waals surface area contributed by atoms with E-state index >= 15 is 0 Å². The SMILES string of the molecule is CC(=O)OC1CCC2(C)C(C1)CC(O)C1C3CCCC3(C)CCC12. The molecule has 24 heavy (non-hydrogen) atoms. The summed E-state index contributed by atoms with van der Waals surface area (Å²) in [5.74, 6) is 2.27. The number of hydrogen-bond acceptors (Lipinski definition) is 3. The van der Waals surface area contributed by atoms with Gasteiger partial charge in [-0.05, 0) is 85.9 Å². The minimum atomic E-state index is -0.155. The Balaban J connectivity index is 1.58. The van der Waals surface area contributed by atoms with Gasteiger partial charge >= 0.3 is 5.97 Å². The third-order valence-corrected chi connectivity index (χ3v) is 8.75. The van der Waals surface area contributed by atoms with Crippen LogP contribution in [0.4, 0.5) is 0 Å². The maximum Gasteiger partial charge on any atom is 0.302 e. The van der Waals surface area contributed by atoms with Crippen molar-refractivity contribution in [2.24, 2.45) is 34.5 Å². The van der Waals surface area contributed by atoms with Gasteiger partial charge in [0.2, 0.25) is 0 Å². The highest BCUT2D eigenvalue weighted by Gasteiger charge is 2.60. The van der Waals surface area contributed by atoms with Gasteiger partial charge in [0.25, 0.3) is 0 Å². The number of fused-ring (bicyclic) bond motifs is 5. The molecule has 3 heteroatoms. The van der Waals surface area contributed by atoms with E-state index in [-0.39, 0.29) is 18.2 Å². The van der Waals surface area contributed by atoms with E-state index in [0.717, 1.165) is 31.6 Å². The smallest absolute Gasteiger partial charge is 0.302 e. The molecular formula is C21H34O3. The molecule has 0 heterocycles. The number of rotatable bonds is 1. The van der Waals surface area contributed by atoms with Crippen molar-refractivity contribution in [1.82, 2.24) is 0 Å². The molecule has 4 fully saturated rings. The molecule has 0 spiro atoms. The maximum atomic E-state index is 11.3. The van der Waals surface area contributed by atoms with Crippen molar-refractivity contribution in [2.75, 3.05) is 0 Å². The molecule has 3 nitrogen and oxygen atoms in total. The summed E-state index contributed by atoms with van der Waals surface area (Å²) >= 11 is 0. The fourth-order valence-electron chi connectivity index (χ4n) is 7.52. The molecule has 8 unspecified atom stereocenters. The van der Waals surface area contributed by atoms with Gasteiger partial charge in [0, 0.05) is 6.92 Å². The van der Waals surface area contributed by atoms with Crippen molar-refractivity contribution in [3.63, 3.8) is 0 Å². The zero-order valence-corrected chi connectivity index (χ0v) is 15.6. The monoisotopic (exact) mass is 334 g/mol. The molecule has 8 atom stereocenters. The van der Waals surface area contributed by atoms with Gasteiger partial charge in [0.1, 0.15) is 6.10 Å². The van der Waals surface area contributed by atoms with Gasteiger partial charge in [-0.1, -0.05) is 20.3 Å². The Morgan fingerprint density at radius 1 is 1.04 bits per heavy atom. The molecule has 0 amide bonds. The summed E-state index contributed by atoms with van der Waals surface area (Å²) < 4.78 is 5.52. The summed E-state index contributed by atoms with van der Waals surface area (Å²) in [6, 6.07) is 0. The van der Waals surface area contributed by atoms with Crippen LogP contribution in [0.25, 0.3) is 0 Å². The fourth-order valence-corrected chi connectivity index (χ4v) is 7.52. The van der Waals surface area contributed by atoms with Crippen LogP contribution in [0, 0.1) is 34.5 Å². The predicted octanol–water partition coefficient (Wildman–Crippen LogP) is 4.32. The second-order valence-electron chi connectivity index (χ2n) is 9.89. The summed E-state index contributed by atoms with van der Waals surface area (Å²) in [6.07, 6.45) is 10.7. The molecule has 4 saturated carbocycles. The number of esters is 1. The topological polar surface area (TPSA) is 46.5 Å². The lowest BCUT2D eigenvalue weighted by atomic mass is 9.44. The molecule has 0 aromatic rings. The van der Waals surface area contributed by atoms with Gasteiger partial charge in [-0.25, -0.2) is 0 Å². The molecule has 1 N–H and O–H groups in total. The average Bonchev–Trinajstić information content (AvgIpc) is 2.90. The second-order valence-corrected chi connectivity index (χ2v) is 9.89. The summed E-state index contributed by atoms with van der Waals surface area (Å²) in [4.78, 5) is 11.3. The first-order chi connectivity index (χ1) is 11.3. The van der Waals surface area contributed by atoms with E-state index < -0.39 is 0 Å². The third kappa shape index (κ3) is 2.45. The quantitative estimate of drug-likeness (QED) is 0.726. The molecule has 0 aromatic heterocycles. The highest BCUT2D eigenvalue weighted by Crippen LogP contribution is 2.66. The highest BCUT2D eigenvalue weighted by molar-refractivity contribution is 5.66. The minimum absolute atomic E-state index is 0.0738. The number of aliphatic hydroxyl groups is 1. The molecule has 0 aliphatic heterocycles. The zero-order chi connectivity index (χ0) is 17.1. The molecular weight excluding hydrogens is 300 g/mol. The van der Waals surface area contributed by atoms with Crippen LogP contribution in [-0.4, -0.2) is 23.3 Å². The Labute approximate surface area is 146 Å². The Morgan fingerprint density at radius 2 is 1.83 bits per heavy atom. The average molecular weight is 335 g/mol. The van der Waals surface area contributed by atoms with Gasteiger partial charge in [-0.3, -0.25) is 4.79 Å². The lowest BCUT2D eigenvalue weighted by Gasteiger charge is -2.61. The molecule has 4 rings (SSSR count). The number of carbonyl (C=O) groups is 1. The number of hydrogen-bond donors (Lipinski definition) is 1. The van der Waals surface area contributed by atoms with Crippen molar-refractivity contribution in [1.29, 1.82) is 0 Å². The number of aliphatic hydroxyl groups excluding tert-OH is 1. The van der Waals surface area contributed by atoms with Crippen LogP contribution in [0.2, 0.25) is 0 Å². The van der Waals surface area contributed by atoms with Crippen molar-refractivity contribution in [3.8, 4) is 0 Å². The minimum Gasteiger partial charge on any atom is -0.463 e. The maximum absolute atomic E-state index is 11.3. The van der Waals surface area contributed by atoms with Crippen molar-refractivity contribution >= 4 is 5.97 Å². The van der Waals surface area contributed by atoms with Crippen LogP contribution in [0.15, 0.2) is 0 Å². The Bertz CT molecular complexity index is 517. The van der Waals surface area contributed by atoms with Gasteiger partial charge in [0.05, 0.1) is 6.10 Å².